The molecule has 2 rings (SSSR count). The zero-order valence-corrected chi connectivity index (χ0v) is 16.7. The van der Waals surface area contributed by atoms with E-state index in [-0.39, 0.29) is 18.9 Å². The van der Waals surface area contributed by atoms with Gasteiger partial charge in [0.25, 0.3) is 0 Å². The molecule has 0 saturated carbocycles. The van der Waals surface area contributed by atoms with Crippen LogP contribution in [0.5, 0.6) is 11.5 Å². The lowest BCUT2D eigenvalue weighted by molar-refractivity contribution is -0.121. The number of ether oxygens (including phenoxy) is 1. The third-order valence-electron chi connectivity index (χ3n) is 3.75. The maximum absolute atomic E-state index is 12.4. The molecule has 0 unspecified atom stereocenters. The lowest BCUT2D eigenvalue weighted by Crippen LogP contribution is -2.35. The fourth-order valence-electron chi connectivity index (χ4n) is 2.44. The van der Waals surface area contributed by atoms with Gasteiger partial charge in [0.05, 0.1) is 11.9 Å². The maximum Gasteiger partial charge on any atom is 0.232 e. The monoisotopic (exact) mass is 390 g/mol. The van der Waals surface area contributed by atoms with Crippen LogP contribution in [0.2, 0.25) is 0 Å². The Bertz CT molecular complexity index is 851. The van der Waals surface area contributed by atoms with Crippen LogP contribution in [0.1, 0.15) is 20.3 Å². The van der Waals surface area contributed by atoms with Gasteiger partial charge in [-0.3, -0.25) is 9.10 Å². The average molecular weight is 391 g/mol. The summed E-state index contributed by atoms with van der Waals surface area (Å²) >= 11 is 0. The average Bonchev–Trinajstić information content (AvgIpc) is 2.61. The SMILES string of the molecule is CC(C)CNC(=O)CCN(c1ccccc1Oc1ccccc1)S(C)(=O)=O. The Balaban J connectivity index is 2.21. The van der Waals surface area contributed by atoms with E-state index in [0.29, 0.717) is 29.6 Å². The third kappa shape index (κ3) is 6.60. The highest BCUT2D eigenvalue weighted by atomic mass is 32.2. The number of carbonyl (C=O) groups excluding carboxylic acids is 1. The van der Waals surface area contributed by atoms with Crippen LogP contribution < -0.4 is 14.4 Å². The van der Waals surface area contributed by atoms with Crippen LogP contribution in [-0.4, -0.2) is 33.7 Å². The number of hydrogen-bond acceptors (Lipinski definition) is 4. The molecule has 0 radical (unpaired) electrons. The second-order valence-corrected chi connectivity index (χ2v) is 8.57. The van der Waals surface area contributed by atoms with Gasteiger partial charge in [-0.1, -0.05) is 44.2 Å². The maximum atomic E-state index is 12.4. The Kier molecular flexibility index (Phi) is 7.24. The largest absolute Gasteiger partial charge is 0.455 e. The molecule has 0 saturated heterocycles. The third-order valence-corrected chi connectivity index (χ3v) is 4.93. The van der Waals surface area contributed by atoms with Crippen LogP contribution in [0.3, 0.4) is 0 Å². The van der Waals surface area contributed by atoms with Gasteiger partial charge < -0.3 is 10.1 Å². The summed E-state index contributed by atoms with van der Waals surface area (Å²) in [4.78, 5) is 12.0. The number of sulfonamides is 1. The Morgan fingerprint density at radius 3 is 2.33 bits per heavy atom. The highest BCUT2D eigenvalue weighted by Crippen LogP contribution is 2.33. The van der Waals surface area contributed by atoms with E-state index in [4.69, 9.17) is 4.74 Å². The van der Waals surface area contributed by atoms with Gasteiger partial charge >= 0.3 is 0 Å². The molecular formula is C20H26N2O4S. The van der Waals surface area contributed by atoms with Crippen LogP contribution in [0, 0.1) is 5.92 Å². The van der Waals surface area contributed by atoms with E-state index in [1.54, 1.807) is 36.4 Å². The summed E-state index contributed by atoms with van der Waals surface area (Å²) in [5.74, 6) is 1.17. The van der Waals surface area contributed by atoms with Gasteiger partial charge in [-0.15, -0.1) is 0 Å². The lowest BCUT2D eigenvalue weighted by atomic mass is 10.2. The van der Waals surface area contributed by atoms with Crippen molar-refractivity contribution in [1.29, 1.82) is 0 Å². The number of hydrogen-bond donors (Lipinski definition) is 1. The molecule has 1 amide bonds. The van der Waals surface area contributed by atoms with Crippen LogP contribution in [0.15, 0.2) is 54.6 Å². The minimum Gasteiger partial charge on any atom is -0.455 e. The predicted octanol–water partition coefficient (Wildman–Crippen LogP) is 3.41. The molecule has 0 spiro atoms. The fourth-order valence-corrected chi connectivity index (χ4v) is 3.37. The molecular weight excluding hydrogens is 364 g/mol. The molecule has 6 nitrogen and oxygen atoms in total. The van der Waals surface area contributed by atoms with E-state index in [9.17, 15) is 13.2 Å². The second kappa shape index (κ2) is 9.41. The highest BCUT2D eigenvalue weighted by Gasteiger charge is 2.22. The lowest BCUT2D eigenvalue weighted by Gasteiger charge is -2.24. The van der Waals surface area contributed by atoms with Crippen LogP contribution >= 0.6 is 0 Å². The zero-order chi connectivity index (χ0) is 19.9. The molecule has 0 aliphatic rings. The molecule has 0 atom stereocenters. The zero-order valence-electron chi connectivity index (χ0n) is 15.9. The molecule has 2 aromatic rings. The van der Waals surface area contributed by atoms with E-state index >= 15 is 0 Å². The molecule has 0 aliphatic heterocycles. The van der Waals surface area contributed by atoms with Gasteiger partial charge in [-0.25, -0.2) is 8.42 Å². The fraction of sp³-hybridized carbons (Fsp3) is 0.350. The smallest absolute Gasteiger partial charge is 0.232 e. The Morgan fingerprint density at radius 1 is 1.07 bits per heavy atom. The first-order valence-corrected chi connectivity index (χ1v) is 10.7. The summed E-state index contributed by atoms with van der Waals surface area (Å²) in [6, 6.07) is 16.0. The van der Waals surface area contributed by atoms with E-state index in [1.807, 2.05) is 32.0 Å². The number of nitrogens with one attached hydrogen (secondary N) is 1. The standard InChI is InChI=1S/C20H26N2O4S/c1-16(2)15-21-20(23)13-14-22(27(3,24)25)18-11-7-8-12-19(18)26-17-9-5-4-6-10-17/h4-12,16H,13-15H2,1-3H3,(H,21,23). The van der Waals surface area contributed by atoms with E-state index in [2.05, 4.69) is 5.32 Å². The number of anilines is 1. The van der Waals surface area contributed by atoms with Gasteiger partial charge in [0.1, 0.15) is 5.75 Å². The van der Waals surface area contributed by atoms with Gasteiger partial charge in [-0.2, -0.15) is 0 Å². The van der Waals surface area contributed by atoms with E-state index < -0.39 is 10.0 Å². The summed E-state index contributed by atoms with van der Waals surface area (Å²) in [6.07, 6.45) is 1.19. The van der Waals surface area contributed by atoms with Crippen molar-refractivity contribution in [3.8, 4) is 11.5 Å². The van der Waals surface area contributed by atoms with Crippen LogP contribution in [0.4, 0.5) is 5.69 Å². The summed E-state index contributed by atoms with van der Waals surface area (Å²) in [7, 11) is -3.59. The van der Waals surface area contributed by atoms with Gasteiger partial charge in [0.2, 0.25) is 15.9 Å². The number of rotatable bonds is 9. The van der Waals surface area contributed by atoms with Crippen LogP contribution in [0.25, 0.3) is 0 Å². The van der Waals surface area contributed by atoms with E-state index in [0.717, 1.165) is 6.26 Å². The van der Waals surface area contributed by atoms with Crippen molar-refractivity contribution >= 4 is 21.6 Å². The number of carbonyl (C=O) groups is 1. The predicted molar refractivity (Wildman–Crippen MR) is 108 cm³/mol. The van der Waals surface area contributed by atoms with Crippen molar-refractivity contribution in [2.45, 2.75) is 20.3 Å². The first-order valence-electron chi connectivity index (χ1n) is 8.83. The molecule has 27 heavy (non-hydrogen) atoms. The molecule has 0 aliphatic carbocycles. The normalized spacial score (nSPS) is 11.3. The minimum absolute atomic E-state index is 0.0396. The summed E-state index contributed by atoms with van der Waals surface area (Å²) in [6.45, 7) is 4.60. The molecule has 2 aromatic carbocycles. The van der Waals surface area contributed by atoms with Crippen molar-refractivity contribution in [2.75, 3.05) is 23.7 Å². The molecule has 0 heterocycles. The number of para-hydroxylation sites is 3. The van der Waals surface area contributed by atoms with Crippen molar-refractivity contribution < 1.29 is 17.9 Å². The topological polar surface area (TPSA) is 75.7 Å². The molecule has 0 fully saturated rings. The van der Waals surface area contributed by atoms with Crippen LogP contribution in [-0.2, 0) is 14.8 Å². The minimum atomic E-state index is -3.59. The van der Waals surface area contributed by atoms with Gasteiger partial charge in [-0.05, 0) is 30.2 Å². The Labute approximate surface area is 161 Å². The van der Waals surface area contributed by atoms with Gasteiger partial charge in [0.15, 0.2) is 5.75 Å². The number of benzene rings is 2. The van der Waals surface area contributed by atoms with Crippen molar-refractivity contribution in [1.82, 2.24) is 5.32 Å². The number of amides is 1. The molecule has 146 valence electrons. The number of nitrogens with zero attached hydrogens (tertiary/aromatic N) is 1. The highest BCUT2D eigenvalue weighted by molar-refractivity contribution is 7.92. The molecule has 0 bridgehead atoms. The Hall–Kier alpha value is -2.54. The van der Waals surface area contributed by atoms with Crippen molar-refractivity contribution in [2.24, 2.45) is 5.92 Å². The summed E-state index contributed by atoms with van der Waals surface area (Å²) in [5.41, 5.74) is 0.403. The second-order valence-electron chi connectivity index (χ2n) is 6.67. The molecule has 1 N–H and O–H groups in total. The summed E-state index contributed by atoms with van der Waals surface area (Å²) < 4.78 is 31.8. The molecule has 7 heteroatoms. The van der Waals surface area contributed by atoms with Crippen molar-refractivity contribution in [3.63, 3.8) is 0 Å². The molecule has 0 aromatic heterocycles. The van der Waals surface area contributed by atoms with Gasteiger partial charge in [0, 0.05) is 19.5 Å². The van der Waals surface area contributed by atoms with E-state index in [1.165, 1.54) is 4.31 Å². The first kappa shape index (κ1) is 20.8. The van der Waals surface area contributed by atoms with Crippen molar-refractivity contribution in [3.05, 3.63) is 54.6 Å². The summed E-state index contributed by atoms with van der Waals surface area (Å²) in [5, 5.41) is 2.80. The first-order chi connectivity index (χ1) is 12.8. The quantitative estimate of drug-likeness (QED) is 0.712. The Morgan fingerprint density at radius 2 is 1.70 bits per heavy atom.